The molecule has 3 aromatic carbocycles. The first kappa shape index (κ1) is 37.8. The van der Waals surface area contributed by atoms with E-state index < -0.39 is 12.0 Å². The lowest BCUT2D eigenvalue weighted by atomic mass is 9.93. The van der Waals surface area contributed by atoms with Gasteiger partial charge < -0.3 is 29.3 Å². The summed E-state index contributed by atoms with van der Waals surface area (Å²) in [5.41, 5.74) is 8.60. The lowest BCUT2D eigenvalue weighted by Gasteiger charge is -2.33. The second kappa shape index (κ2) is 17.7. The number of piperidine rings is 1. The number of benzene rings is 3. The zero-order valence-electron chi connectivity index (χ0n) is 31.0. The standard InChI is InChI=1S/C43H50N4O6/c1-29-19-36(21-42(53-27-33-20-32(22-44)23-45-24-33)39(29)26-47-16-5-4-12-40(47)43(49)50)52-28-34-9-6-10-37(30(34)2)38-11-7-13-41(31(38)3)51-18-8-15-46-17-14-35(48)25-46/h6-7,9-11,13,19-21,23-24,35,40,48H,4-5,8,12,14-18,25-28H2,1-3H3,(H,49,50)/t35-,40+/m1/s1. The Morgan fingerprint density at radius 3 is 2.51 bits per heavy atom. The van der Waals surface area contributed by atoms with Crippen LogP contribution in [0.4, 0.5) is 0 Å². The van der Waals surface area contributed by atoms with Crippen molar-refractivity contribution in [3.63, 3.8) is 0 Å². The fraction of sp³-hybridized carbons (Fsp3) is 0.419. The monoisotopic (exact) mass is 718 g/mol. The number of pyridine rings is 1. The third-order valence-corrected chi connectivity index (χ3v) is 10.5. The van der Waals surface area contributed by atoms with Gasteiger partial charge in [0.25, 0.3) is 0 Å². The van der Waals surface area contributed by atoms with Crippen LogP contribution >= 0.6 is 0 Å². The fourth-order valence-electron chi connectivity index (χ4n) is 7.46. The van der Waals surface area contributed by atoms with E-state index in [0.717, 1.165) is 95.6 Å². The molecule has 3 heterocycles. The molecule has 0 spiro atoms. The number of nitrogens with zero attached hydrogens (tertiary/aromatic N) is 4. The van der Waals surface area contributed by atoms with Crippen LogP contribution in [0.25, 0.3) is 11.1 Å². The zero-order valence-corrected chi connectivity index (χ0v) is 31.0. The van der Waals surface area contributed by atoms with Gasteiger partial charge in [-0.15, -0.1) is 0 Å². The molecule has 0 amide bonds. The zero-order chi connectivity index (χ0) is 37.3. The molecule has 10 nitrogen and oxygen atoms in total. The van der Waals surface area contributed by atoms with Gasteiger partial charge >= 0.3 is 5.97 Å². The van der Waals surface area contributed by atoms with E-state index >= 15 is 0 Å². The highest BCUT2D eigenvalue weighted by molar-refractivity contribution is 5.74. The maximum absolute atomic E-state index is 12.1. The van der Waals surface area contributed by atoms with E-state index in [-0.39, 0.29) is 12.7 Å². The summed E-state index contributed by atoms with van der Waals surface area (Å²) in [4.78, 5) is 20.6. The minimum Gasteiger partial charge on any atom is -0.493 e. The normalized spacial score (nSPS) is 17.7. The first-order valence-corrected chi connectivity index (χ1v) is 18.6. The summed E-state index contributed by atoms with van der Waals surface area (Å²) in [6.07, 6.45) is 7.22. The summed E-state index contributed by atoms with van der Waals surface area (Å²) < 4.78 is 19.1. The molecule has 2 aliphatic heterocycles. The number of likely N-dealkylation sites (tertiary alicyclic amines) is 2. The Morgan fingerprint density at radius 2 is 1.74 bits per heavy atom. The second-order valence-electron chi connectivity index (χ2n) is 14.3. The van der Waals surface area contributed by atoms with Crippen LogP contribution in [0.3, 0.4) is 0 Å². The highest BCUT2D eigenvalue weighted by Gasteiger charge is 2.30. The molecule has 278 valence electrons. The van der Waals surface area contributed by atoms with Crippen molar-refractivity contribution in [1.82, 2.24) is 14.8 Å². The van der Waals surface area contributed by atoms with Gasteiger partial charge in [0.2, 0.25) is 0 Å². The van der Waals surface area contributed by atoms with Crippen LogP contribution in [0, 0.1) is 32.1 Å². The SMILES string of the molecule is Cc1cc(OCc2cccc(-c3cccc(OCCCN4CC[C@@H](O)C4)c3C)c2C)cc(OCc2cncc(C#N)c2)c1CN1CCCC[C@H]1C(=O)O. The summed E-state index contributed by atoms with van der Waals surface area (Å²) in [6.45, 7) is 11.2. The molecular formula is C43H50N4O6. The van der Waals surface area contributed by atoms with Crippen molar-refractivity contribution in [2.75, 3.05) is 32.8 Å². The molecule has 2 atom stereocenters. The Balaban J connectivity index is 1.18. The Bertz CT molecular complexity index is 1940. The second-order valence-corrected chi connectivity index (χ2v) is 14.3. The first-order valence-electron chi connectivity index (χ1n) is 18.6. The van der Waals surface area contributed by atoms with Crippen molar-refractivity contribution >= 4 is 5.97 Å². The van der Waals surface area contributed by atoms with E-state index in [2.05, 4.69) is 54.1 Å². The molecule has 2 saturated heterocycles. The van der Waals surface area contributed by atoms with Crippen LogP contribution in [0.5, 0.6) is 17.2 Å². The van der Waals surface area contributed by atoms with Gasteiger partial charge in [0.05, 0.1) is 18.3 Å². The molecule has 6 rings (SSSR count). The van der Waals surface area contributed by atoms with Gasteiger partial charge in [-0.2, -0.15) is 5.26 Å². The molecule has 2 N–H and O–H groups in total. The number of ether oxygens (including phenoxy) is 3. The minimum absolute atomic E-state index is 0.201. The highest BCUT2D eigenvalue weighted by Crippen LogP contribution is 2.35. The van der Waals surface area contributed by atoms with Crippen molar-refractivity contribution in [2.45, 2.75) is 84.8 Å². The van der Waals surface area contributed by atoms with Crippen molar-refractivity contribution in [2.24, 2.45) is 0 Å². The number of carboxylic acid groups (broad SMARTS) is 1. The average Bonchev–Trinajstić information content (AvgIpc) is 3.58. The third-order valence-electron chi connectivity index (χ3n) is 10.5. The van der Waals surface area contributed by atoms with Crippen molar-refractivity contribution in [3.8, 4) is 34.4 Å². The van der Waals surface area contributed by atoms with Gasteiger partial charge in [0.1, 0.15) is 42.6 Å². The molecule has 53 heavy (non-hydrogen) atoms. The number of β-amino-alcohol motifs (C(OH)–C–C–N with tert-alkyl or cyclic N) is 1. The molecule has 10 heteroatoms. The van der Waals surface area contributed by atoms with E-state index in [1.807, 2.05) is 36.1 Å². The van der Waals surface area contributed by atoms with Gasteiger partial charge in [-0.3, -0.25) is 14.7 Å². The van der Waals surface area contributed by atoms with Gasteiger partial charge in [-0.25, -0.2) is 0 Å². The van der Waals surface area contributed by atoms with Crippen LogP contribution in [-0.2, 0) is 24.6 Å². The third kappa shape index (κ3) is 9.54. The number of carboxylic acids is 1. The smallest absolute Gasteiger partial charge is 0.320 e. The quantitative estimate of drug-likeness (QED) is 0.124. The molecule has 2 aliphatic rings. The number of carbonyl (C=O) groups is 1. The van der Waals surface area contributed by atoms with Crippen LogP contribution in [0.1, 0.15) is 71.0 Å². The predicted molar refractivity (Wildman–Crippen MR) is 203 cm³/mol. The lowest BCUT2D eigenvalue weighted by Crippen LogP contribution is -2.44. The number of aliphatic hydroxyl groups excluding tert-OH is 1. The maximum Gasteiger partial charge on any atom is 0.320 e. The summed E-state index contributed by atoms with van der Waals surface area (Å²) in [5.74, 6) is 1.35. The fourth-order valence-corrected chi connectivity index (χ4v) is 7.46. The number of aliphatic carboxylic acids is 1. The van der Waals surface area contributed by atoms with E-state index in [0.29, 0.717) is 49.8 Å². The number of nitriles is 1. The van der Waals surface area contributed by atoms with Crippen LogP contribution < -0.4 is 14.2 Å². The molecular weight excluding hydrogens is 668 g/mol. The predicted octanol–water partition coefficient (Wildman–Crippen LogP) is 6.98. The van der Waals surface area contributed by atoms with Crippen molar-refractivity contribution in [1.29, 1.82) is 5.26 Å². The Labute approximate surface area is 312 Å². The minimum atomic E-state index is -0.800. The number of hydrogen-bond donors (Lipinski definition) is 2. The Morgan fingerprint density at radius 1 is 0.925 bits per heavy atom. The van der Waals surface area contributed by atoms with E-state index in [1.165, 1.54) is 6.20 Å². The van der Waals surface area contributed by atoms with Crippen LogP contribution in [0.2, 0.25) is 0 Å². The number of aliphatic hydroxyl groups is 1. The molecule has 0 radical (unpaired) electrons. The van der Waals surface area contributed by atoms with Gasteiger partial charge in [-0.1, -0.05) is 36.8 Å². The summed E-state index contributed by atoms with van der Waals surface area (Å²) >= 11 is 0. The van der Waals surface area contributed by atoms with Gasteiger partial charge in [0.15, 0.2) is 0 Å². The molecule has 1 aromatic heterocycles. The molecule has 0 aliphatic carbocycles. The first-order chi connectivity index (χ1) is 25.7. The summed E-state index contributed by atoms with van der Waals surface area (Å²) in [7, 11) is 0. The van der Waals surface area contributed by atoms with Gasteiger partial charge in [-0.05, 0) is 105 Å². The van der Waals surface area contributed by atoms with Crippen LogP contribution in [0.15, 0.2) is 67.0 Å². The molecule has 4 aromatic rings. The van der Waals surface area contributed by atoms with Gasteiger partial charge in [0, 0.05) is 55.8 Å². The summed E-state index contributed by atoms with van der Waals surface area (Å²) in [5, 5.41) is 29.1. The highest BCUT2D eigenvalue weighted by atomic mass is 16.5. The summed E-state index contributed by atoms with van der Waals surface area (Å²) in [6, 6.07) is 19.7. The molecule has 2 fully saturated rings. The maximum atomic E-state index is 12.1. The molecule has 0 bridgehead atoms. The van der Waals surface area contributed by atoms with Crippen molar-refractivity contribution < 1.29 is 29.2 Å². The lowest BCUT2D eigenvalue weighted by molar-refractivity contribution is -0.144. The topological polar surface area (TPSA) is 128 Å². The van der Waals surface area contributed by atoms with Crippen molar-refractivity contribution in [3.05, 3.63) is 106 Å². The number of hydrogen-bond acceptors (Lipinski definition) is 9. The number of aromatic nitrogens is 1. The average molecular weight is 719 g/mol. The number of rotatable bonds is 15. The molecule has 0 saturated carbocycles. The van der Waals surface area contributed by atoms with Crippen LogP contribution in [-0.4, -0.2) is 75.9 Å². The molecule has 0 unspecified atom stereocenters. The van der Waals surface area contributed by atoms with E-state index in [1.54, 1.807) is 12.3 Å². The largest absolute Gasteiger partial charge is 0.493 e. The number of aryl methyl sites for hydroxylation is 1. The Hall–Kier alpha value is -4.95. The van der Waals surface area contributed by atoms with E-state index in [4.69, 9.17) is 14.2 Å². The Kier molecular flexibility index (Phi) is 12.6. The van der Waals surface area contributed by atoms with E-state index in [9.17, 15) is 20.3 Å².